The van der Waals surface area contributed by atoms with Crippen LogP contribution in [0.4, 0.5) is 10.5 Å². The van der Waals surface area contributed by atoms with Crippen LogP contribution < -0.4 is 5.32 Å². The van der Waals surface area contributed by atoms with Crippen LogP contribution in [0.1, 0.15) is 24.6 Å². The maximum absolute atomic E-state index is 12.4. The van der Waals surface area contributed by atoms with E-state index in [0.717, 1.165) is 35.3 Å². The Morgan fingerprint density at radius 1 is 1.30 bits per heavy atom. The molecular formula is C15H15BrN2O2. The van der Waals surface area contributed by atoms with E-state index in [1.807, 2.05) is 41.3 Å². The summed E-state index contributed by atoms with van der Waals surface area (Å²) in [6.45, 7) is 0.758. The van der Waals surface area contributed by atoms with Gasteiger partial charge in [0.25, 0.3) is 0 Å². The van der Waals surface area contributed by atoms with Crippen molar-refractivity contribution in [3.8, 4) is 0 Å². The zero-order chi connectivity index (χ0) is 13.9. The van der Waals surface area contributed by atoms with Gasteiger partial charge in [0.05, 0.1) is 12.3 Å². The van der Waals surface area contributed by atoms with Crippen LogP contribution >= 0.6 is 15.9 Å². The summed E-state index contributed by atoms with van der Waals surface area (Å²) >= 11 is 3.38. The third kappa shape index (κ3) is 2.72. The van der Waals surface area contributed by atoms with E-state index >= 15 is 0 Å². The van der Waals surface area contributed by atoms with Gasteiger partial charge >= 0.3 is 6.03 Å². The van der Waals surface area contributed by atoms with Crippen LogP contribution in [0.3, 0.4) is 0 Å². The second-order valence-corrected chi connectivity index (χ2v) is 5.72. The Balaban J connectivity index is 1.71. The molecule has 1 atom stereocenters. The molecule has 1 aliphatic heterocycles. The summed E-state index contributed by atoms with van der Waals surface area (Å²) in [6, 6.07) is 11.3. The molecule has 2 amide bonds. The molecule has 0 saturated carbocycles. The molecule has 0 aliphatic carbocycles. The molecule has 1 saturated heterocycles. The van der Waals surface area contributed by atoms with Crippen LogP contribution in [0, 0.1) is 0 Å². The third-order valence-electron chi connectivity index (χ3n) is 3.48. The summed E-state index contributed by atoms with van der Waals surface area (Å²) in [7, 11) is 0. The number of amides is 2. The third-order valence-corrected chi connectivity index (χ3v) is 4.01. The van der Waals surface area contributed by atoms with E-state index < -0.39 is 0 Å². The van der Waals surface area contributed by atoms with Gasteiger partial charge in [-0.2, -0.15) is 0 Å². The van der Waals surface area contributed by atoms with Gasteiger partial charge in [-0.15, -0.1) is 0 Å². The molecule has 1 N–H and O–H groups in total. The average Bonchev–Trinajstić information content (AvgIpc) is 3.11. The van der Waals surface area contributed by atoms with Crippen molar-refractivity contribution in [3.63, 3.8) is 0 Å². The van der Waals surface area contributed by atoms with Crippen molar-refractivity contribution in [1.29, 1.82) is 0 Å². The topological polar surface area (TPSA) is 45.5 Å². The highest BCUT2D eigenvalue weighted by atomic mass is 79.9. The van der Waals surface area contributed by atoms with E-state index in [-0.39, 0.29) is 12.1 Å². The minimum absolute atomic E-state index is 0.0421. The first kappa shape index (κ1) is 13.2. The molecule has 0 bridgehead atoms. The lowest BCUT2D eigenvalue weighted by Crippen LogP contribution is -2.34. The Hall–Kier alpha value is -1.75. The lowest BCUT2D eigenvalue weighted by Gasteiger charge is -2.23. The van der Waals surface area contributed by atoms with Crippen molar-refractivity contribution in [3.05, 3.63) is 52.9 Å². The standard InChI is InChI=1S/C15H15BrN2O2/c16-11-5-7-12(8-6-11)17-15(19)18-9-1-3-13(18)14-4-2-10-20-14/h2,4-8,10,13H,1,3,9H2,(H,17,19). The van der Waals surface area contributed by atoms with Crippen LogP contribution in [0.2, 0.25) is 0 Å². The highest BCUT2D eigenvalue weighted by molar-refractivity contribution is 9.10. The van der Waals surface area contributed by atoms with E-state index in [2.05, 4.69) is 21.2 Å². The molecule has 0 radical (unpaired) electrons. The number of rotatable bonds is 2. The van der Waals surface area contributed by atoms with Crippen LogP contribution in [0.25, 0.3) is 0 Å². The predicted octanol–water partition coefficient (Wildman–Crippen LogP) is 4.41. The van der Waals surface area contributed by atoms with Crippen molar-refractivity contribution in [2.45, 2.75) is 18.9 Å². The minimum atomic E-state index is -0.0776. The number of urea groups is 1. The SMILES string of the molecule is O=C(Nc1ccc(Br)cc1)N1CCCC1c1ccco1. The molecule has 1 aromatic heterocycles. The molecule has 1 unspecified atom stereocenters. The second-order valence-electron chi connectivity index (χ2n) is 4.80. The zero-order valence-corrected chi connectivity index (χ0v) is 12.5. The molecular weight excluding hydrogens is 320 g/mol. The molecule has 1 fully saturated rings. The van der Waals surface area contributed by atoms with Crippen LogP contribution in [0.5, 0.6) is 0 Å². The Kier molecular flexibility index (Phi) is 3.78. The lowest BCUT2D eigenvalue weighted by atomic mass is 10.2. The summed E-state index contributed by atoms with van der Waals surface area (Å²) in [4.78, 5) is 14.2. The normalized spacial score (nSPS) is 18.2. The van der Waals surface area contributed by atoms with E-state index in [1.165, 1.54) is 0 Å². The second kappa shape index (κ2) is 5.71. The Bertz CT molecular complexity index is 580. The highest BCUT2D eigenvalue weighted by Crippen LogP contribution is 2.32. The molecule has 4 nitrogen and oxygen atoms in total. The number of hydrogen-bond acceptors (Lipinski definition) is 2. The number of halogens is 1. The van der Waals surface area contributed by atoms with Crippen molar-refractivity contribution in [2.75, 3.05) is 11.9 Å². The zero-order valence-electron chi connectivity index (χ0n) is 10.9. The Morgan fingerprint density at radius 3 is 2.80 bits per heavy atom. The summed E-state index contributed by atoms with van der Waals surface area (Å²) in [5.41, 5.74) is 0.795. The van der Waals surface area contributed by atoms with Gasteiger partial charge in [-0.25, -0.2) is 4.79 Å². The van der Waals surface area contributed by atoms with Gasteiger partial charge in [0.1, 0.15) is 5.76 Å². The van der Waals surface area contributed by atoms with E-state index in [0.29, 0.717) is 0 Å². The molecule has 1 aliphatic rings. The quantitative estimate of drug-likeness (QED) is 0.883. The number of carbonyl (C=O) groups is 1. The average molecular weight is 335 g/mol. The first-order valence-electron chi connectivity index (χ1n) is 6.60. The van der Waals surface area contributed by atoms with Crippen molar-refractivity contribution in [2.24, 2.45) is 0 Å². The summed E-state index contributed by atoms with van der Waals surface area (Å²) in [5, 5.41) is 2.93. The largest absolute Gasteiger partial charge is 0.467 e. The van der Waals surface area contributed by atoms with Gasteiger partial charge in [-0.05, 0) is 49.2 Å². The lowest BCUT2D eigenvalue weighted by molar-refractivity contribution is 0.200. The molecule has 3 rings (SSSR count). The van der Waals surface area contributed by atoms with Gasteiger partial charge in [0.2, 0.25) is 0 Å². The van der Waals surface area contributed by atoms with Crippen LogP contribution in [0.15, 0.2) is 51.6 Å². The molecule has 104 valence electrons. The van der Waals surface area contributed by atoms with Gasteiger partial charge in [0, 0.05) is 16.7 Å². The summed E-state index contributed by atoms with van der Waals surface area (Å²) in [6.07, 6.45) is 3.60. The number of likely N-dealkylation sites (tertiary alicyclic amines) is 1. The Labute approximate surface area is 125 Å². The number of nitrogens with one attached hydrogen (secondary N) is 1. The molecule has 0 spiro atoms. The van der Waals surface area contributed by atoms with E-state index in [1.54, 1.807) is 6.26 Å². The van der Waals surface area contributed by atoms with Gasteiger partial charge < -0.3 is 14.6 Å². The fraction of sp³-hybridized carbons (Fsp3) is 0.267. The smallest absolute Gasteiger partial charge is 0.322 e. The Morgan fingerprint density at radius 2 is 2.10 bits per heavy atom. The van der Waals surface area contributed by atoms with Crippen LogP contribution in [-0.2, 0) is 0 Å². The molecule has 1 aromatic carbocycles. The first-order chi connectivity index (χ1) is 9.74. The minimum Gasteiger partial charge on any atom is -0.467 e. The maximum atomic E-state index is 12.4. The first-order valence-corrected chi connectivity index (χ1v) is 7.40. The van der Waals surface area contributed by atoms with Gasteiger partial charge in [-0.3, -0.25) is 0 Å². The number of benzene rings is 1. The molecule has 2 heterocycles. The fourth-order valence-corrected chi connectivity index (χ4v) is 2.78. The highest BCUT2D eigenvalue weighted by Gasteiger charge is 2.31. The monoisotopic (exact) mass is 334 g/mol. The van der Waals surface area contributed by atoms with Gasteiger partial charge in [0.15, 0.2) is 0 Å². The predicted molar refractivity (Wildman–Crippen MR) is 80.5 cm³/mol. The summed E-state index contributed by atoms with van der Waals surface area (Å²) in [5.74, 6) is 0.855. The van der Waals surface area contributed by atoms with E-state index in [9.17, 15) is 4.79 Å². The fourth-order valence-electron chi connectivity index (χ4n) is 2.51. The number of nitrogens with zero attached hydrogens (tertiary/aromatic N) is 1. The molecule has 5 heteroatoms. The van der Waals surface area contributed by atoms with Crippen LogP contribution in [-0.4, -0.2) is 17.5 Å². The molecule has 2 aromatic rings. The number of hydrogen-bond donors (Lipinski definition) is 1. The van der Waals surface area contributed by atoms with Crippen molar-refractivity contribution >= 4 is 27.6 Å². The molecule has 20 heavy (non-hydrogen) atoms. The number of anilines is 1. The van der Waals surface area contributed by atoms with Crippen molar-refractivity contribution in [1.82, 2.24) is 4.90 Å². The summed E-state index contributed by atoms with van der Waals surface area (Å²) < 4.78 is 6.43. The van der Waals surface area contributed by atoms with Crippen molar-refractivity contribution < 1.29 is 9.21 Å². The van der Waals surface area contributed by atoms with E-state index in [4.69, 9.17) is 4.42 Å². The number of carbonyl (C=O) groups excluding carboxylic acids is 1. The maximum Gasteiger partial charge on any atom is 0.322 e. The number of furan rings is 1. The van der Waals surface area contributed by atoms with Gasteiger partial charge in [-0.1, -0.05) is 15.9 Å².